The van der Waals surface area contributed by atoms with E-state index in [1.54, 1.807) is 30.3 Å². The molecule has 2 amide bonds. The molecule has 0 fully saturated rings. The number of ether oxygens (including phenoxy) is 2. The van der Waals surface area contributed by atoms with Crippen LogP contribution in [0, 0.1) is 6.92 Å². The Morgan fingerprint density at radius 2 is 1.91 bits per heavy atom. The highest BCUT2D eigenvalue weighted by Gasteiger charge is 2.34. The van der Waals surface area contributed by atoms with Crippen molar-refractivity contribution in [2.75, 3.05) is 19.1 Å². The fraction of sp³-hybridized carbons (Fsp3) is 0.458. The van der Waals surface area contributed by atoms with Crippen LogP contribution >= 0.6 is 0 Å². The summed E-state index contributed by atoms with van der Waals surface area (Å²) in [5.74, 6) is 1.66. The van der Waals surface area contributed by atoms with Crippen molar-refractivity contribution in [3.8, 4) is 23.1 Å². The lowest BCUT2D eigenvalue weighted by atomic mass is 10.1. The highest BCUT2D eigenvalue weighted by Crippen LogP contribution is 2.34. The van der Waals surface area contributed by atoms with E-state index in [1.807, 2.05) is 34.6 Å². The standard InChI is InChI=1S/C24H32N6O5/c1-8-17(23(32)25-24(3,4)5)30(18-11-10-16(33-6)13-20(18)34-7)21(31)14-29-27-22(26-28-29)19-12-9-15(2)35-19/h9-13,17H,8,14H2,1-7H3,(H,25,32)/t17-/m1/s1. The van der Waals surface area contributed by atoms with Crippen LogP contribution in [-0.2, 0) is 16.1 Å². The van der Waals surface area contributed by atoms with E-state index < -0.39 is 17.5 Å². The molecule has 1 N–H and O–H groups in total. The Hall–Kier alpha value is -3.89. The lowest BCUT2D eigenvalue weighted by Gasteiger charge is -2.33. The van der Waals surface area contributed by atoms with Crippen molar-refractivity contribution in [1.82, 2.24) is 25.5 Å². The topological polar surface area (TPSA) is 125 Å². The largest absolute Gasteiger partial charge is 0.497 e. The summed E-state index contributed by atoms with van der Waals surface area (Å²) in [6, 6.07) is 7.77. The summed E-state index contributed by atoms with van der Waals surface area (Å²) >= 11 is 0. The Kier molecular flexibility index (Phi) is 7.78. The number of hydrogen-bond donors (Lipinski definition) is 1. The molecule has 11 nitrogen and oxygen atoms in total. The van der Waals surface area contributed by atoms with Gasteiger partial charge < -0.3 is 19.2 Å². The van der Waals surface area contributed by atoms with Crippen LogP contribution in [-0.4, -0.2) is 57.8 Å². The molecule has 0 bridgehead atoms. The maximum absolute atomic E-state index is 13.7. The number of aromatic nitrogens is 4. The first-order valence-corrected chi connectivity index (χ1v) is 11.3. The van der Waals surface area contributed by atoms with Crippen LogP contribution in [0.3, 0.4) is 0 Å². The van der Waals surface area contributed by atoms with Gasteiger partial charge in [-0.2, -0.15) is 4.80 Å². The van der Waals surface area contributed by atoms with Crippen LogP contribution in [0.5, 0.6) is 11.5 Å². The molecule has 35 heavy (non-hydrogen) atoms. The first-order valence-electron chi connectivity index (χ1n) is 11.3. The van der Waals surface area contributed by atoms with Gasteiger partial charge in [-0.05, 0) is 63.6 Å². The van der Waals surface area contributed by atoms with Gasteiger partial charge in [-0.25, -0.2) is 0 Å². The number of hydrogen-bond acceptors (Lipinski definition) is 8. The zero-order valence-electron chi connectivity index (χ0n) is 21.2. The molecule has 2 aromatic heterocycles. The number of nitrogens with zero attached hydrogens (tertiary/aromatic N) is 5. The van der Waals surface area contributed by atoms with Crippen LogP contribution in [0.25, 0.3) is 11.6 Å². The molecule has 0 aliphatic rings. The number of nitrogens with one attached hydrogen (secondary N) is 1. The van der Waals surface area contributed by atoms with E-state index in [1.165, 1.54) is 23.9 Å². The summed E-state index contributed by atoms with van der Waals surface area (Å²) in [6.07, 6.45) is 0.366. The van der Waals surface area contributed by atoms with Crippen molar-refractivity contribution in [2.45, 2.75) is 59.2 Å². The first-order chi connectivity index (χ1) is 16.6. The molecule has 1 atom stereocenters. The molecule has 0 unspecified atom stereocenters. The van der Waals surface area contributed by atoms with E-state index in [0.717, 1.165) is 0 Å². The van der Waals surface area contributed by atoms with Crippen molar-refractivity contribution < 1.29 is 23.5 Å². The van der Waals surface area contributed by atoms with Gasteiger partial charge in [0.25, 0.3) is 5.91 Å². The summed E-state index contributed by atoms with van der Waals surface area (Å²) in [6.45, 7) is 9.05. The number of rotatable bonds is 9. The number of furan rings is 1. The molecule has 3 aromatic rings. The second-order valence-corrected chi connectivity index (χ2v) is 9.02. The molecule has 0 spiro atoms. The van der Waals surface area contributed by atoms with Crippen LogP contribution in [0.15, 0.2) is 34.7 Å². The van der Waals surface area contributed by atoms with Gasteiger partial charge in [0.05, 0.1) is 19.9 Å². The van der Waals surface area contributed by atoms with Crippen molar-refractivity contribution in [2.24, 2.45) is 0 Å². The zero-order chi connectivity index (χ0) is 25.8. The smallest absolute Gasteiger partial charge is 0.251 e. The second-order valence-electron chi connectivity index (χ2n) is 9.02. The predicted molar refractivity (Wildman–Crippen MR) is 129 cm³/mol. The Bertz CT molecular complexity index is 1180. The Morgan fingerprint density at radius 1 is 1.17 bits per heavy atom. The highest BCUT2D eigenvalue weighted by atomic mass is 16.5. The van der Waals surface area contributed by atoms with Gasteiger partial charge in [-0.1, -0.05) is 6.92 Å². The first kappa shape index (κ1) is 25.7. The maximum Gasteiger partial charge on any atom is 0.251 e. The SMILES string of the molecule is CC[C@H](C(=O)NC(C)(C)C)N(C(=O)Cn1nnc(-c2ccc(C)o2)n1)c1ccc(OC)cc1OC. The Morgan fingerprint density at radius 3 is 2.49 bits per heavy atom. The van der Waals surface area contributed by atoms with Crippen LogP contribution in [0.4, 0.5) is 5.69 Å². The zero-order valence-corrected chi connectivity index (χ0v) is 21.2. The highest BCUT2D eigenvalue weighted by molar-refractivity contribution is 6.02. The van der Waals surface area contributed by atoms with E-state index >= 15 is 0 Å². The number of tetrazole rings is 1. The maximum atomic E-state index is 13.7. The van der Waals surface area contributed by atoms with Gasteiger partial charge in [-0.15, -0.1) is 10.2 Å². The molecule has 0 saturated carbocycles. The number of carbonyl (C=O) groups excluding carboxylic acids is 2. The Labute approximate surface area is 204 Å². The van der Waals surface area contributed by atoms with Crippen molar-refractivity contribution >= 4 is 17.5 Å². The fourth-order valence-corrected chi connectivity index (χ4v) is 3.56. The molecule has 0 radical (unpaired) electrons. The fourth-order valence-electron chi connectivity index (χ4n) is 3.56. The molecule has 0 saturated heterocycles. The third-order valence-electron chi connectivity index (χ3n) is 5.10. The van der Waals surface area contributed by atoms with E-state index in [2.05, 4.69) is 20.7 Å². The minimum atomic E-state index is -0.806. The van der Waals surface area contributed by atoms with Crippen LogP contribution in [0.2, 0.25) is 0 Å². The summed E-state index contributed by atoms with van der Waals surface area (Å²) in [5, 5.41) is 15.2. The lowest BCUT2D eigenvalue weighted by Crippen LogP contribution is -2.54. The van der Waals surface area contributed by atoms with E-state index in [-0.39, 0.29) is 18.3 Å². The Balaban J connectivity index is 1.98. The van der Waals surface area contributed by atoms with Crippen LogP contribution < -0.4 is 19.7 Å². The minimum Gasteiger partial charge on any atom is -0.497 e. The van der Waals surface area contributed by atoms with Gasteiger partial charge in [0.15, 0.2) is 5.76 Å². The van der Waals surface area contributed by atoms with Gasteiger partial charge in [0.1, 0.15) is 29.8 Å². The number of benzene rings is 1. The molecule has 2 heterocycles. The molecule has 11 heteroatoms. The van der Waals surface area contributed by atoms with Gasteiger partial charge in [0.2, 0.25) is 11.7 Å². The number of aryl methyl sites for hydroxylation is 1. The number of anilines is 1. The van der Waals surface area contributed by atoms with Crippen LogP contribution in [0.1, 0.15) is 39.9 Å². The van der Waals surface area contributed by atoms with Crippen molar-refractivity contribution in [1.29, 1.82) is 0 Å². The second kappa shape index (κ2) is 10.6. The number of amides is 2. The third-order valence-corrected chi connectivity index (χ3v) is 5.10. The molecule has 0 aliphatic heterocycles. The van der Waals surface area contributed by atoms with Crippen molar-refractivity contribution in [3.63, 3.8) is 0 Å². The molecule has 1 aromatic carbocycles. The summed E-state index contributed by atoms with van der Waals surface area (Å²) in [5.41, 5.74) is -0.0524. The minimum absolute atomic E-state index is 0.249. The van der Waals surface area contributed by atoms with E-state index in [0.29, 0.717) is 35.1 Å². The lowest BCUT2D eigenvalue weighted by molar-refractivity contribution is -0.128. The molecular weight excluding hydrogens is 452 g/mol. The molecular formula is C24H32N6O5. The van der Waals surface area contributed by atoms with Crippen molar-refractivity contribution in [3.05, 3.63) is 36.1 Å². The number of carbonyl (C=O) groups is 2. The van der Waals surface area contributed by atoms with Gasteiger partial charge >= 0.3 is 0 Å². The monoisotopic (exact) mass is 484 g/mol. The summed E-state index contributed by atoms with van der Waals surface area (Å²) < 4.78 is 16.4. The van der Waals surface area contributed by atoms with E-state index in [9.17, 15) is 9.59 Å². The summed E-state index contributed by atoms with van der Waals surface area (Å²) in [4.78, 5) is 29.5. The average molecular weight is 485 g/mol. The number of methoxy groups -OCH3 is 2. The molecule has 0 aliphatic carbocycles. The quantitative estimate of drug-likeness (QED) is 0.491. The van der Waals surface area contributed by atoms with Gasteiger partial charge in [0, 0.05) is 11.6 Å². The summed E-state index contributed by atoms with van der Waals surface area (Å²) in [7, 11) is 3.03. The van der Waals surface area contributed by atoms with E-state index in [4.69, 9.17) is 13.9 Å². The predicted octanol–water partition coefficient (Wildman–Crippen LogP) is 2.99. The third kappa shape index (κ3) is 6.17. The normalized spacial score (nSPS) is 12.2. The molecule has 3 rings (SSSR count). The average Bonchev–Trinajstić information content (AvgIpc) is 3.44. The molecule has 188 valence electrons. The van der Waals surface area contributed by atoms with Gasteiger partial charge in [-0.3, -0.25) is 14.5 Å².